The number of nitrogens with two attached hydrogens (primary N) is 1. The van der Waals surface area contributed by atoms with E-state index in [0.717, 1.165) is 0 Å². The molecule has 0 amide bonds. The maximum Gasteiger partial charge on any atom is 0.322 e. The SMILES string of the molecule is [2H]C([2H])([2H])OC(=O)[C@H](C)N. The molecule has 0 saturated heterocycles. The van der Waals surface area contributed by atoms with Crippen molar-refractivity contribution in [2.24, 2.45) is 5.73 Å². The van der Waals surface area contributed by atoms with Crippen molar-refractivity contribution >= 4 is 5.97 Å². The molecule has 0 aromatic carbocycles. The molecule has 0 fully saturated rings. The summed E-state index contributed by atoms with van der Waals surface area (Å²) in [6, 6.07) is -0.888. The van der Waals surface area contributed by atoms with Crippen molar-refractivity contribution < 1.29 is 13.6 Å². The highest BCUT2D eigenvalue weighted by molar-refractivity contribution is 5.74. The summed E-state index contributed by atoms with van der Waals surface area (Å²) in [6.07, 6.45) is 0. The van der Waals surface area contributed by atoms with Crippen LogP contribution in [-0.2, 0) is 9.53 Å². The third kappa shape index (κ3) is 2.17. The number of methoxy groups -OCH3 is 1. The van der Waals surface area contributed by atoms with E-state index in [4.69, 9.17) is 9.85 Å². The highest BCUT2D eigenvalue weighted by Gasteiger charge is 2.03. The second kappa shape index (κ2) is 2.58. The molecular formula is C4H9NO2. The molecule has 0 aliphatic rings. The lowest BCUT2D eigenvalue weighted by atomic mass is 10.4. The number of hydrogen-bond donors (Lipinski definition) is 1. The average Bonchev–Trinajstić information content (AvgIpc) is 1.60. The third-order valence-corrected chi connectivity index (χ3v) is 0.472. The fourth-order valence-corrected chi connectivity index (χ4v) is 0.0929. The van der Waals surface area contributed by atoms with Gasteiger partial charge in [-0.05, 0) is 6.92 Å². The third-order valence-electron chi connectivity index (χ3n) is 0.472. The molecule has 0 saturated carbocycles. The zero-order valence-corrected chi connectivity index (χ0v) is 3.97. The largest absolute Gasteiger partial charge is 0.468 e. The van der Waals surface area contributed by atoms with Crippen molar-refractivity contribution in [1.29, 1.82) is 0 Å². The van der Waals surface area contributed by atoms with E-state index in [9.17, 15) is 4.79 Å². The second-order valence-corrected chi connectivity index (χ2v) is 1.21. The molecule has 0 rings (SSSR count). The Balaban J connectivity index is 3.81. The van der Waals surface area contributed by atoms with Crippen LogP contribution in [0, 0.1) is 0 Å². The molecule has 0 radical (unpaired) electrons. The van der Waals surface area contributed by atoms with Crippen molar-refractivity contribution in [1.82, 2.24) is 0 Å². The summed E-state index contributed by atoms with van der Waals surface area (Å²) in [7, 11) is -2.68. The van der Waals surface area contributed by atoms with Crippen LogP contribution in [0.1, 0.15) is 11.0 Å². The minimum atomic E-state index is -2.68. The van der Waals surface area contributed by atoms with Gasteiger partial charge in [0.1, 0.15) is 6.04 Å². The van der Waals surface area contributed by atoms with Crippen molar-refractivity contribution in [2.75, 3.05) is 7.04 Å². The van der Waals surface area contributed by atoms with Crippen molar-refractivity contribution in [2.45, 2.75) is 13.0 Å². The van der Waals surface area contributed by atoms with Gasteiger partial charge in [-0.2, -0.15) is 0 Å². The summed E-state index contributed by atoms with van der Waals surface area (Å²) in [4.78, 5) is 10.5. The first-order valence-corrected chi connectivity index (χ1v) is 1.81. The lowest BCUT2D eigenvalue weighted by Crippen LogP contribution is -2.27. The number of carbonyl (C=O) groups is 1. The quantitative estimate of drug-likeness (QED) is 0.459. The van der Waals surface area contributed by atoms with Gasteiger partial charge in [0.2, 0.25) is 0 Å². The summed E-state index contributed by atoms with van der Waals surface area (Å²) in [5, 5.41) is 0. The summed E-state index contributed by atoms with van der Waals surface area (Å²) in [5.41, 5.74) is 5.02. The van der Waals surface area contributed by atoms with Gasteiger partial charge in [0.25, 0.3) is 0 Å². The summed E-state index contributed by atoms with van der Waals surface area (Å²) in [5.74, 6) is -0.917. The molecule has 0 spiro atoms. The molecule has 0 aliphatic heterocycles. The molecule has 0 unspecified atom stereocenters. The van der Waals surface area contributed by atoms with Crippen LogP contribution in [0.2, 0.25) is 0 Å². The Bertz CT molecular complexity index is 131. The monoisotopic (exact) mass is 106 g/mol. The van der Waals surface area contributed by atoms with Gasteiger partial charge in [0.05, 0.1) is 11.2 Å². The smallest absolute Gasteiger partial charge is 0.322 e. The van der Waals surface area contributed by atoms with Gasteiger partial charge in [-0.15, -0.1) is 0 Å². The Hall–Kier alpha value is -0.570. The van der Waals surface area contributed by atoms with Gasteiger partial charge in [-0.3, -0.25) is 4.79 Å². The molecule has 42 valence electrons. The van der Waals surface area contributed by atoms with E-state index in [-0.39, 0.29) is 0 Å². The number of rotatable bonds is 1. The van der Waals surface area contributed by atoms with Crippen molar-refractivity contribution in [3.8, 4) is 0 Å². The molecule has 3 nitrogen and oxygen atoms in total. The molecule has 0 aliphatic carbocycles. The molecule has 0 aromatic heterocycles. The predicted octanol–water partition coefficient (Wildman–Crippen LogP) is -0.493. The number of hydrogen-bond acceptors (Lipinski definition) is 3. The van der Waals surface area contributed by atoms with Gasteiger partial charge < -0.3 is 10.5 Å². The Morgan fingerprint density at radius 3 is 2.86 bits per heavy atom. The highest BCUT2D eigenvalue weighted by Crippen LogP contribution is 1.76. The van der Waals surface area contributed by atoms with Crippen LogP contribution in [0.25, 0.3) is 0 Å². The van der Waals surface area contributed by atoms with Crippen molar-refractivity contribution in [3.05, 3.63) is 0 Å². The predicted molar refractivity (Wildman–Crippen MR) is 25.7 cm³/mol. The van der Waals surface area contributed by atoms with E-state index in [1.165, 1.54) is 6.92 Å². The standard InChI is InChI=1S/C4H9NO2/c1-3(5)4(6)7-2/h3H,5H2,1-2H3/t3-/m0/s1/i2D3. The Labute approximate surface area is 46.7 Å². The van der Waals surface area contributed by atoms with Crippen LogP contribution in [0.15, 0.2) is 0 Å². The van der Waals surface area contributed by atoms with Crippen LogP contribution in [0.3, 0.4) is 0 Å². The number of ether oxygens (including phenoxy) is 1. The Kier molecular flexibility index (Phi) is 0.982. The zero-order valence-electron chi connectivity index (χ0n) is 6.97. The van der Waals surface area contributed by atoms with E-state index < -0.39 is 19.0 Å². The molecule has 7 heavy (non-hydrogen) atoms. The zero-order chi connectivity index (χ0) is 8.36. The van der Waals surface area contributed by atoms with E-state index in [1.54, 1.807) is 0 Å². The molecule has 2 N–H and O–H groups in total. The molecular weight excluding hydrogens is 94.0 g/mol. The average molecular weight is 106 g/mol. The first-order chi connectivity index (χ1) is 4.33. The van der Waals surface area contributed by atoms with E-state index in [0.29, 0.717) is 0 Å². The fourth-order valence-electron chi connectivity index (χ4n) is 0.0929. The minimum Gasteiger partial charge on any atom is -0.468 e. The van der Waals surface area contributed by atoms with E-state index >= 15 is 0 Å². The second-order valence-electron chi connectivity index (χ2n) is 1.21. The van der Waals surface area contributed by atoms with Crippen LogP contribution in [0.4, 0.5) is 0 Å². The topological polar surface area (TPSA) is 52.3 Å². The Morgan fingerprint density at radius 1 is 2.14 bits per heavy atom. The first kappa shape index (κ1) is 2.67. The molecule has 0 heterocycles. The summed E-state index contributed by atoms with van der Waals surface area (Å²) < 4.78 is 23.4. The van der Waals surface area contributed by atoms with Gasteiger partial charge in [0, 0.05) is 0 Å². The minimum absolute atomic E-state index is 0.888. The lowest BCUT2D eigenvalue weighted by Gasteiger charge is -1.98. The fraction of sp³-hybridized carbons (Fsp3) is 0.750. The highest BCUT2D eigenvalue weighted by atomic mass is 16.5. The molecule has 0 bridgehead atoms. The summed E-state index contributed by atoms with van der Waals surface area (Å²) >= 11 is 0. The van der Waals surface area contributed by atoms with Crippen LogP contribution >= 0.6 is 0 Å². The van der Waals surface area contributed by atoms with Gasteiger partial charge in [-0.25, -0.2) is 0 Å². The van der Waals surface area contributed by atoms with Crippen LogP contribution in [0.5, 0.6) is 0 Å². The van der Waals surface area contributed by atoms with Crippen LogP contribution < -0.4 is 5.73 Å². The van der Waals surface area contributed by atoms with Crippen molar-refractivity contribution in [3.63, 3.8) is 0 Å². The number of esters is 1. The van der Waals surface area contributed by atoms with Gasteiger partial charge in [0.15, 0.2) is 0 Å². The van der Waals surface area contributed by atoms with E-state index in [1.807, 2.05) is 0 Å². The maximum absolute atomic E-state index is 10.5. The van der Waals surface area contributed by atoms with Crippen LogP contribution in [-0.4, -0.2) is 19.0 Å². The van der Waals surface area contributed by atoms with Gasteiger partial charge >= 0.3 is 5.97 Å². The lowest BCUT2D eigenvalue weighted by molar-refractivity contribution is -0.141. The molecule has 1 atom stereocenters. The maximum atomic E-state index is 10.5. The van der Waals surface area contributed by atoms with Gasteiger partial charge in [-0.1, -0.05) is 0 Å². The molecule has 0 aromatic rings. The number of carbonyl (C=O) groups excluding carboxylic acids is 1. The normalized spacial score (nSPS) is 21.1. The first-order valence-electron chi connectivity index (χ1n) is 3.31. The summed E-state index contributed by atoms with van der Waals surface area (Å²) in [6.45, 7) is 1.36. The van der Waals surface area contributed by atoms with E-state index in [2.05, 4.69) is 4.74 Å². The Morgan fingerprint density at radius 2 is 2.71 bits per heavy atom. The molecule has 3 heteroatoms.